The Balaban J connectivity index is 1.48. The van der Waals surface area contributed by atoms with E-state index in [0.717, 1.165) is 22.9 Å². The van der Waals surface area contributed by atoms with Gasteiger partial charge < -0.3 is 0 Å². The van der Waals surface area contributed by atoms with Crippen LogP contribution in [0.25, 0.3) is 45.8 Å². The lowest BCUT2D eigenvalue weighted by Crippen LogP contribution is -2.03. The number of rotatable bonds is 4. The fraction of sp³-hybridized carbons (Fsp3) is 0. The van der Waals surface area contributed by atoms with Crippen LogP contribution in [0.2, 0.25) is 0 Å². The summed E-state index contributed by atoms with van der Waals surface area (Å²) < 4.78 is 136. The van der Waals surface area contributed by atoms with Crippen molar-refractivity contribution in [3.8, 4) is 0 Å². The van der Waals surface area contributed by atoms with Gasteiger partial charge in [-0.25, -0.2) is 43.9 Å². The van der Waals surface area contributed by atoms with Gasteiger partial charge in [-0.15, -0.1) is 0 Å². The maximum atomic E-state index is 13.9. The van der Waals surface area contributed by atoms with Crippen molar-refractivity contribution in [1.82, 2.24) is 0 Å². The summed E-state index contributed by atoms with van der Waals surface area (Å²) >= 11 is 0. The summed E-state index contributed by atoms with van der Waals surface area (Å²) in [5.74, 6) is -20.5. The molecule has 0 atom stereocenters. The molecule has 0 bridgehead atoms. The molecule has 40 heavy (non-hydrogen) atoms. The average molecular weight is 562 g/mol. The topological polar surface area (TPSA) is 0 Å². The lowest BCUT2D eigenvalue weighted by Gasteiger charge is -2.07. The van der Waals surface area contributed by atoms with Gasteiger partial charge in [0.05, 0.1) is 11.1 Å². The van der Waals surface area contributed by atoms with Crippen LogP contribution >= 0.6 is 0 Å². The molecule has 5 rings (SSSR count). The Morgan fingerprint density at radius 1 is 0.325 bits per heavy atom. The van der Waals surface area contributed by atoms with Gasteiger partial charge in [0.15, 0.2) is 46.5 Å². The van der Waals surface area contributed by atoms with Gasteiger partial charge in [-0.3, -0.25) is 0 Å². The Morgan fingerprint density at radius 2 is 0.625 bits per heavy atom. The van der Waals surface area contributed by atoms with Gasteiger partial charge in [-0.1, -0.05) is 48.6 Å². The molecule has 5 aromatic carbocycles. The minimum absolute atomic E-state index is 0.401. The molecule has 0 aliphatic heterocycles. The van der Waals surface area contributed by atoms with E-state index in [1.807, 2.05) is 0 Å². The van der Waals surface area contributed by atoms with Gasteiger partial charge in [0.25, 0.3) is 0 Å². The third kappa shape index (κ3) is 4.49. The Labute approximate surface area is 219 Å². The molecular formula is C30H12F10. The van der Waals surface area contributed by atoms with E-state index in [1.54, 1.807) is 48.5 Å². The summed E-state index contributed by atoms with van der Waals surface area (Å²) in [7, 11) is 0. The standard InChI is InChI=1S/C30H12F10/c31-21-19(22(32)26(36)29(39)25(21)35)9-3-13-1-7-17-15(11-13)5-6-16-12-14(2-8-18(16)17)4-10-20-23(33)27(37)30(40)28(38)24(20)34/h1-12H. The van der Waals surface area contributed by atoms with E-state index < -0.39 is 69.3 Å². The Morgan fingerprint density at radius 3 is 0.950 bits per heavy atom. The lowest BCUT2D eigenvalue weighted by atomic mass is 9.98. The molecule has 10 heteroatoms. The number of fused-ring (bicyclic) bond motifs is 3. The molecule has 0 radical (unpaired) electrons. The predicted octanol–water partition coefficient (Wildman–Crippen LogP) is 9.72. The third-order valence-electron chi connectivity index (χ3n) is 6.26. The van der Waals surface area contributed by atoms with Crippen LogP contribution in [0.3, 0.4) is 0 Å². The molecule has 0 N–H and O–H groups in total. The summed E-state index contributed by atoms with van der Waals surface area (Å²) in [4.78, 5) is 0. The number of hydrogen-bond acceptors (Lipinski definition) is 0. The van der Waals surface area contributed by atoms with E-state index in [0.29, 0.717) is 21.9 Å². The normalized spacial score (nSPS) is 12.1. The predicted molar refractivity (Wildman–Crippen MR) is 132 cm³/mol. The van der Waals surface area contributed by atoms with E-state index in [2.05, 4.69) is 0 Å². The smallest absolute Gasteiger partial charge is 0.200 e. The highest BCUT2D eigenvalue weighted by Crippen LogP contribution is 2.30. The Bertz CT molecular complexity index is 1710. The van der Waals surface area contributed by atoms with Crippen LogP contribution in [0, 0.1) is 58.2 Å². The maximum absolute atomic E-state index is 13.9. The van der Waals surface area contributed by atoms with Crippen LogP contribution in [0.1, 0.15) is 22.3 Å². The van der Waals surface area contributed by atoms with Gasteiger partial charge in [-0.2, -0.15) is 0 Å². The van der Waals surface area contributed by atoms with Crippen LogP contribution in [-0.2, 0) is 0 Å². The van der Waals surface area contributed by atoms with E-state index in [9.17, 15) is 43.9 Å². The Kier molecular flexibility index (Phi) is 6.87. The second-order valence-corrected chi connectivity index (χ2v) is 8.66. The van der Waals surface area contributed by atoms with E-state index in [4.69, 9.17) is 0 Å². The Hall–Kier alpha value is -4.60. The second kappa shape index (κ2) is 10.2. The summed E-state index contributed by atoms with van der Waals surface area (Å²) in [6.07, 6.45) is 3.94. The molecule has 0 amide bonds. The molecule has 0 fully saturated rings. The molecule has 0 aliphatic rings. The largest absolute Gasteiger partial charge is 0.203 e. The van der Waals surface area contributed by atoms with Crippen molar-refractivity contribution < 1.29 is 43.9 Å². The van der Waals surface area contributed by atoms with Crippen LogP contribution in [0.15, 0.2) is 48.5 Å². The molecule has 5 aromatic rings. The van der Waals surface area contributed by atoms with Crippen LogP contribution < -0.4 is 0 Å². The summed E-state index contributed by atoms with van der Waals surface area (Å²) in [6.45, 7) is 0. The van der Waals surface area contributed by atoms with Crippen LogP contribution in [0.4, 0.5) is 43.9 Å². The van der Waals surface area contributed by atoms with Gasteiger partial charge in [0.2, 0.25) is 11.6 Å². The third-order valence-corrected chi connectivity index (χ3v) is 6.26. The average Bonchev–Trinajstić information content (AvgIpc) is 2.96. The molecule has 202 valence electrons. The van der Waals surface area contributed by atoms with E-state index >= 15 is 0 Å². The summed E-state index contributed by atoms with van der Waals surface area (Å²) in [6, 6.07) is 13.1. The van der Waals surface area contributed by atoms with Crippen molar-refractivity contribution in [3.63, 3.8) is 0 Å². The zero-order chi connectivity index (χ0) is 28.9. The molecule has 0 saturated heterocycles. The first kappa shape index (κ1) is 27.0. The van der Waals surface area contributed by atoms with Crippen LogP contribution in [0.5, 0.6) is 0 Å². The molecule has 0 unspecified atom stereocenters. The van der Waals surface area contributed by atoms with Crippen molar-refractivity contribution in [1.29, 1.82) is 0 Å². The SMILES string of the molecule is Fc1c(F)c(F)c(C=Cc2ccc3c(ccc4cc(C=Cc5c(F)c(F)c(F)c(F)c5F)ccc43)c2)c(F)c1F. The molecule has 0 saturated carbocycles. The first-order chi connectivity index (χ1) is 19.0. The van der Waals surface area contributed by atoms with Gasteiger partial charge in [0.1, 0.15) is 0 Å². The zero-order valence-electron chi connectivity index (χ0n) is 19.7. The fourth-order valence-electron chi connectivity index (χ4n) is 4.21. The fourth-order valence-corrected chi connectivity index (χ4v) is 4.21. The maximum Gasteiger partial charge on any atom is 0.200 e. The van der Waals surface area contributed by atoms with Crippen molar-refractivity contribution in [3.05, 3.63) is 129 Å². The van der Waals surface area contributed by atoms with E-state index in [-0.39, 0.29) is 0 Å². The quantitative estimate of drug-likeness (QED) is 0.0673. The van der Waals surface area contributed by atoms with Gasteiger partial charge in [0, 0.05) is 0 Å². The highest BCUT2D eigenvalue weighted by molar-refractivity contribution is 6.08. The van der Waals surface area contributed by atoms with Crippen LogP contribution in [-0.4, -0.2) is 0 Å². The minimum Gasteiger partial charge on any atom is -0.203 e. The monoisotopic (exact) mass is 562 g/mol. The zero-order valence-corrected chi connectivity index (χ0v) is 19.7. The molecule has 0 aromatic heterocycles. The van der Waals surface area contributed by atoms with Crippen molar-refractivity contribution in [2.24, 2.45) is 0 Å². The molecule has 0 nitrogen and oxygen atoms in total. The number of halogens is 10. The highest BCUT2D eigenvalue weighted by Gasteiger charge is 2.25. The molecular weight excluding hydrogens is 550 g/mol. The van der Waals surface area contributed by atoms with Crippen molar-refractivity contribution in [2.75, 3.05) is 0 Å². The molecule has 0 spiro atoms. The molecule has 0 heterocycles. The summed E-state index contributed by atoms with van der Waals surface area (Å²) in [5.41, 5.74) is -1.36. The lowest BCUT2D eigenvalue weighted by molar-refractivity contribution is 0.377. The van der Waals surface area contributed by atoms with E-state index in [1.165, 1.54) is 12.2 Å². The summed E-state index contributed by atoms with van der Waals surface area (Å²) in [5, 5.41) is 2.77. The van der Waals surface area contributed by atoms with Crippen molar-refractivity contribution >= 4 is 45.8 Å². The first-order valence-corrected chi connectivity index (χ1v) is 11.3. The minimum atomic E-state index is -2.25. The van der Waals surface area contributed by atoms with Crippen molar-refractivity contribution in [2.45, 2.75) is 0 Å². The molecule has 0 aliphatic carbocycles. The number of hydrogen-bond donors (Lipinski definition) is 0. The second-order valence-electron chi connectivity index (χ2n) is 8.66. The van der Waals surface area contributed by atoms with Gasteiger partial charge >= 0.3 is 0 Å². The highest BCUT2D eigenvalue weighted by atomic mass is 19.2. The number of benzene rings is 5. The first-order valence-electron chi connectivity index (χ1n) is 11.3. The van der Waals surface area contributed by atoms with Gasteiger partial charge in [-0.05, 0) is 57.0 Å².